The van der Waals surface area contributed by atoms with Crippen molar-refractivity contribution in [1.29, 1.82) is 0 Å². The van der Waals surface area contributed by atoms with Crippen molar-refractivity contribution in [3.8, 4) is 0 Å². The summed E-state index contributed by atoms with van der Waals surface area (Å²) in [7, 11) is 0. The fourth-order valence-corrected chi connectivity index (χ4v) is 2.27. The summed E-state index contributed by atoms with van der Waals surface area (Å²) in [6.45, 7) is 7.76. The van der Waals surface area contributed by atoms with Crippen LogP contribution in [0.2, 0.25) is 0 Å². The molecular formula is C22H44O5. The summed E-state index contributed by atoms with van der Waals surface area (Å²) in [6, 6.07) is 0. The molecule has 0 aliphatic heterocycles. The molecule has 27 heavy (non-hydrogen) atoms. The van der Waals surface area contributed by atoms with Crippen LogP contribution in [0.3, 0.4) is 0 Å². The predicted octanol–water partition coefficient (Wildman–Crippen LogP) is 5.57. The van der Waals surface area contributed by atoms with Crippen LogP contribution in [0.15, 0.2) is 0 Å². The van der Waals surface area contributed by atoms with Crippen LogP contribution in [-0.4, -0.2) is 36.9 Å². The minimum absolute atomic E-state index is 0.149. The lowest BCUT2D eigenvalue weighted by molar-refractivity contribution is -0.146. The molecule has 0 radical (unpaired) electrons. The monoisotopic (exact) mass is 388 g/mol. The smallest absolute Gasteiger partial charge is 0.305 e. The van der Waals surface area contributed by atoms with E-state index >= 15 is 0 Å². The van der Waals surface area contributed by atoms with Crippen molar-refractivity contribution >= 4 is 11.9 Å². The van der Waals surface area contributed by atoms with E-state index in [2.05, 4.69) is 20.8 Å². The maximum atomic E-state index is 11.5. The molecule has 0 aromatic carbocycles. The number of hydrogen-bond donors (Lipinski definition) is 1. The Kier molecular flexibility index (Phi) is 25.9. The average molecular weight is 389 g/mol. The van der Waals surface area contributed by atoms with Gasteiger partial charge < -0.3 is 14.6 Å². The maximum absolute atomic E-state index is 11.5. The highest BCUT2D eigenvalue weighted by molar-refractivity contribution is 5.70. The standard InChI is InChI=1S/C18H34O4.C4H10O/c1-3-5-7-11-15-21-17(19)13-9-10-14-18(20)22-16-12-8-6-4-2;1-2-3-4-5/h3-16H2,1-2H3;5H,2-4H2,1H3. The van der Waals surface area contributed by atoms with Crippen LogP contribution in [-0.2, 0) is 19.1 Å². The topological polar surface area (TPSA) is 72.8 Å². The van der Waals surface area contributed by atoms with Crippen LogP contribution in [0, 0.1) is 0 Å². The summed E-state index contributed by atoms with van der Waals surface area (Å²) in [5.41, 5.74) is 0. The maximum Gasteiger partial charge on any atom is 0.305 e. The summed E-state index contributed by atoms with van der Waals surface area (Å²) in [4.78, 5) is 22.9. The Bertz CT molecular complexity index is 288. The molecule has 0 spiro atoms. The molecule has 0 rings (SSSR count). The molecule has 162 valence electrons. The first-order valence-electron chi connectivity index (χ1n) is 11.0. The summed E-state index contributed by atoms with van der Waals surface area (Å²) in [5, 5.41) is 8.07. The molecule has 0 bridgehead atoms. The number of aliphatic hydroxyl groups excluding tert-OH is 1. The molecule has 0 unspecified atom stereocenters. The van der Waals surface area contributed by atoms with Crippen molar-refractivity contribution in [3.05, 3.63) is 0 Å². The van der Waals surface area contributed by atoms with Gasteiger partial charge in [-0.05, 0) is 32.1 Å². The van der Waals surface area contributed by atoms with E-state index in [1.165, 1.54) is 25.7 Å². The van der Waals surface area contributed by atoms with E-state index in [1.54, 1.807) is 0 Å². The summed E-state index contributed by atoms with van der Waals surface area (Å²) < 4.78 is 10.3. The van der Waals surface area contributed by atoms with Crippen LogP contribution in [0.4, 0.5) is 0 Å². The van der Waals surface area contributed by atoms with Crippen molar-refractivity contribution < 1.29 is 24.2 Å². The number of rotatable bonds is 17. The molecule has 0 saturated heterocycles. The Morgan fingerprint density at radius 1 is 0.593 bits per heavy atom. The number of unbranched alkanes of at least 4 members (excludes halogenated alkanes) is 8. The molecule has 0 aromatic heterocycles. The van der Waals surface area contributed by atoms with Gasteiger partial charge in [0, 0.05) is 19.4 Å². The van der Waals surface area contributed by atoms with Gasteiger partial charge >= 0.3 is 11.9 Å². The van der Waals surface area contributed by atoms with Gasteiger partial charge in [0.05, 0.1) is 13.2 Å². The van der Waals surface area contributed by atoms with Crippen LogP contribution >= 0.6 is 0 Å². The highest BCUT2D eigenvalue weighted by Crippen LogP contribution is 2.05. The first-order valence-corrected chi connectivity index (χ1v) is 11.0. The van der Waals surface area contributed by atoms with Crippen molar-refractivity contribution in [2.24, 2.45) is 0 Å². The minimum Gasteiger partial charge on any atom is -0.466 e. The molecule has 0 fully saturated rings. The number of hydrogen-bond acceptors (Lipinski definition) is 5. The molecular weight excluding hydrogens is 344 g/mol. The lowest BCUT2D eigenvalue weighted by Gasteiger charge is -2.05. The lowest BCUT2D eigenvalue weighted by Crippen LogP contribution is -2.08. The quantitative estimate of drug-likeness (QED) is 0.260. The number of ether oxygens (including phenoxy) is 2. The average Bonchev–Trinajstić information content (AvgIpc) is 2.66. The second-order valence-corrected chi connectivity index (χ2v) is 6.85. The Labute approximate surface area is 167 Å². The minimum atomic E-state index is -0.149. The van der Waals surface area contributed by atoms with Gasteiger partial charge in [-0.3, -0.25) is 9.59 Å². The summed E-state index contributed by atoms with van der Waals surface area (Å²) >= 11 is 0. The third kappa shape index (κ3) is 27.2. The molecule has 0 aromatic rings. The molecule has 0 heterocycles. The first kappa shape index (κ1) is 28.1. The van der Waals surface area contributed by atoms with E-state index in [1.807, 2.05) is 0 Å². The SMILES string of the molecule is CCCCCCOC(=O)CCCCC(=O)OCCCCCC.CCCCO. The normalized spacial score (nSPS) is 10.1. The van der Waals surface area contributed by atoms with Crippen LogP contribution in [0.1, 0.15) is 111 Å². The second kappa shape index (κ2) is 24.9. The third-order valence-corrected chi connectivity index (χ3v) is 4.05. The Hall–Kier alpha value is -1.10. The fraction of sp³-hybridized carbons (Fsp3) is 0.909. The molecule has 5 nitrogen and oxygen atoms in total. The van der Waals surface area contributed by atoms with Crippen LogP contribution < -0.4 is 0 Å². The summed E-state index contributed by atoms with van der Waals surface area (Å²) in [6.07, 6.45) is 13.1. The van der Waals surface area contributed by atoms with Gasteiger partial charge in [0.25, 0.3) is 0 Å². The zero-order valence-corrected chi connectivity index (χ0v) is 18.1. The van der Waals surface area contributed by atoms with Crippen molar-refractivity contribution in [2.75, 3.05) is 19.8 Å². The highest BCUT2D eigenvalue weighted by Gasteiger charge is 2.06. The number of carbonyl (C=O) groups excluding carboxylic acids is 2. The summed E-state index contributed by atoms with van der Waals surface area (Å²) in [5.74, 6) is -0.297. The third-order valence-electron chi connectivity index (χ3n) is 4.05. The van der Waals surface area contributed by atoms with Gasteiger partial charge in [0.15, 0.2) is 0 Å². The lowest BCUT2D eigenvalue weighted by atomic mass is 10.2. The molecule has 0 saturated carbocycles. The van der Waals surface area contributed by atoms with E-state index in [-0.39, 0.29) is 11.9 Å². The molecule has 0 aliphatic carbocycles. The van der Waals surface area contributed by atoms with Gasteiger partial charge in [0.1, 0.15) is 0 Å². The van der Waals surface area contributed by atoms with Gasteiger partial charge in [0.2, 0.25) is 0 Å². The second-order valence-electron chi connectivity index (χ2n) is 6.85. The first-order chi connectivity index (χ1) is 13.1. The molecule has 5 heteroatoms. The molecule has 0 aliphatic rings. The Morgan fingerprint density at radius 3 is 1.30 bits per heavy atom. The van der Waals surface area contributed by atoms with E-state index in [9.17, 15) is 9.59 Å². The Balaban J connectivity index is 0. The largest absolute Gasteiger partial charge is 0.466 e. The van der Waals surface area contributed by atoms with E-state index in [0.29, 0.717) is 45.5 Å². The van der Waals surface area contributed by atoms with E-state index in [4.69, 9.17) is 14.6 Å². The zero-order chi connectivity index (χ0) is 20.6. The van der Waals surface area contributed by atoms with Gasteiger partial charge in [-0.2, -0.15) is 0 Å². The van der Waals surface area contributed by atoms with Crippen molar-refractivity contribution in [3.63, 3.8) is 0 Å². The van der Waals surface area contributed by atoms with Crippen molar-refractivity contribution in [2.45, 2.75) is 111 Å². The van der Waals surface area contributed by atoms with Gasteiger partial charge in [-0.25, -0.2) is 0 Å². The number of carbonyl (C=O) groups is 2. The fourth-order valence-electron chi connectivity index (χ4n) is 2.27. The van der Waals surface area contributed by atoms with Crippen molar-refractivity contribution in [1.82, 2.24) is 0 Å². The number of esters is 2. The zero-order valence-electron chi connectivity index (χ0n) is 18.1. The van der Waals surface area contributed by atoms with Crippen LogP contribution in [0.25, 0.3) is 0 Å². The number of aliphatic hydroxyl groups is 1. The predicted molar refractivity (Wildman–Crippen MR) is 111 cm³/mol. The Morgan fingerprint density at radius 2 is 1.00 bits per heavy atom. The molecule has 1 N–H and O–H groups in total. The van der Waals surface area contributed by atoms with Gasteiger partial charge in [-0.1, -0.05) is 65.7 Å². The van der Waals surface area contributed by atoms with Crippen LogP contribution in [0.5, 0.6) is 0 Å². The highest BCUT2D eigenvalue weighted by atomic mass is 16.5. The molecule has 0 amide bonds. The van der Waals surface area contributed by atoms with E-state index < -0.39 is 0 Å². The van der Waals surface area contributed by atoms with Gasteiger partial charge in [-0.15, -0.1) is 0 Å². The molecule has 0 atom stereocenters. The van der Waals surface area contributed by atoms with E-state index in [0.717, 1.165) is 38.5 Å².